The molecule has 0 fully saturated rings. The second-order valence-electron chi connectivity index (χ2n) is 7.54. The highest BCUT2D eigenvalue weighted by Gasteiger charge is 2.20. The zero-order valence-corrected chi connectivity index (χ0v) is 19.8. The molecule has 0 saturated carbocycles. The van der Waals surface area contributed by atoms with Crippen LogP contribution in [0.3, 0.4) is 0 Å². The molecule has 0 spiro atoms. The van der Waals surface area contributed by atoms with E-state index in [0.717, 1.165) is 18.2 Å². The fourth-order valence-corrected chi connectivity index (χ4v) is 3.05. The van der Waals surface area contributed by atoms with E-state index in [1.165, 1.54) is 27.0 Å². The second-order valence-corrected chi connectivity index (χ2v) is 7.54. The van der Waals surface area contributed by atoms with Crippen LogP contribution in [0.1, 0.15) is 26.7 Å². The van der Waals surface area contributed by atoms with Crippen molar-refractivity contribution < 1.29 is 29.0 Å². The summed E-state index contributed by atoms with van der Waals surface area (Å²) in [5, 5.41) is 32.7. The van der Waals surface area contributed by atoms with Gasteiger partial charge in [-0.1, -0.05) is 0 Å². The van der Waals surface area contributed by atoms with Crippen molar-refractivity contribution in [3.05, 3.63) is 56.6 Å². The van der Waals surface area contributed by atoms with E-state index in [1.54, 1.807) is 17.0 Å². The number of nitrogens with one attached hydrogen (secondary N) is 1. The van der Waals surface area contributed by atoms with Crippen LogP contribution < -0.4 is 10.2 Å². The fraction of sp³-hybridized carbons (Fsp3) is 0.318. The number of nitro benzene ring substituents is 2. The normalized spacial score (nSPS) is 10.6. The van der Waals surface area contributed by atoms with E-state index in [9.17, 15) is 34.6 Å². The molecule has 2 rings (SSSR count). The Morgan fingerprint density at radius 2 is 1.58 bits per heavy atom. The summed E-state index contributed by atoms with van der Waals surface area (Å²) in [7, 11) is 1.27. The minimum absolute atomic E-state index is 0.0461. The van der Waals surface area contributed by atoms with Gasteiger partial charge in [-0.05, 0) is 31.2 Å². The summed E-state index contributed by atoms with van der Waals surface area (Å²) in [6.07, 6.45) is 0.289. The molecule has 1 amide bonds. The molecular formula is C22H24N6O8. The number of hydrogen-bond donors (Lipinski definition) is 1. The maximum atomic E-state index is 11.8. The number of anilines is 2. The van der Waals surface area contributed by atoms with E-state index in [-0.39, 0.29) is 42.2 Å². The number of nitrogens with zero attached hydrogens (tertiary/aromatic N) is 5. The molecule has 0 aromatic heterocycles. The number of nitro groups is 2. The van der Waals surface area contributed by atoms with E-state index in [4.69, 9.17) is 0 Å². The molecule has 36 heavy (non-hydrogen) atoms. The zero-order chi connectivity index (χ0) is 26.8. The summed E-state index contributed by atoms with van der Waals surface area (Å²) in [5.74, 6) is -0.898. The standard InChI is InChI=1S/C22H24N6O8/c1-14(29)8-10-26(11-9-22(31)36-3)16-4-6-18(20(12-16)23-15(2)30)24-25-19-7-5-17(27(32)33)13-21(19)28(34)35/h4-7,12-13H,8-11H2,1-3H3,(H,23,30). The number of azo groups is 1. The molecule has 1 N–H and O–H groups in total. The number of ketones is 1. The first-order chi connectivity index (χ1) is 17.0. The summed E-state index contributed by atoms with van der Waals surface area (Å²) >= 11 is 0. The molecule has 14 nitrogen and oxygen atoms in total. The number of rotatable bonds is 12. The predicted molar refractivity (Wildman–Crippen MR) is 129 cm³/mol. The lowest BCUT2D eigenvalue weighted by atomic mass is 10.2. The van der Waals surface area contributed by atoms with Gasteiger partial charge in [0.1, 0.15) is 11.5 Å². The van der Waals surface area contributed by atoms with Gasteiger partial charge in [0.15, 0.2) is 5.69 Å². The molecule has 0 unspecified atom stereocenters. The molecule has 0 saturated heterocycles. The lowest BCUT2D eigenvalue weighted by Crippen LogP contribution is -2.28. The molecule has 2 aromatic carbocycles. The Bertz CT molecular complexity index is 1210. The summed E-state index contributed by atoms with van der Waals surface area (Å²) in [5.41, 5.74) is -0.348. The lowest BCUT2D eigenvalue weighted by Gasteiger charge is -2.25. The molecule has 2 aromatic rings. The smallest absolute Gasteiger partial charge is 0.307 e. The molecule has 0 bridgehead atoms. The van der Waals surface area contributed by atoms with Crippen molar-refractivity contribution in [3.8, 4) is 0 Å². The molecule has 190 valence electrons. The number of hydrogen-bond acceptors (Lipinski definition) is 11. The van der Waals surface area contributed by atoms with Crippen molar-refractivity contribution in [3.63, 3.8) is 0 Å². The number of ether oxygens (including phenoxy) is 1. The Morgan fingerprint density at radius 1 is 0.944 bits per heavy atom. The summed E-state index contributed by atoms with van der Waals surface area (Å²) in [6, 6.07) is 7.63. The SMILES string of the molecule is COC(=O)CCN(CCC(C)=O)c1ccc(N=Nc2ccc([N+](=O)[O-])cc2[N+](=O)[O-])c(NC(C)=O)c1. The van der Waals surface area contributed by atoms with Crippen LogP contribution in [0.25, 0.3) is 0 Å². The largest absolute Gasteiger partial charge is 0.469 e. The van der Waals surface area contributed by atoms with Gasteiger partial charge in [-0.15, -0.1) is 10.2 Å². The van der Waals surface area contributed by atoms with Crippen LogP contribution in [-0.4, -0.2) is 47.7 Å². The Balaban J connectivity index is 2.45. The van der Waals surface area contributed by atoms with Crippen molar-refractivity contribution in [2.75, 3.05) is 30.4 Å². The molecule has 0 radical (unpaired) electrons. The number of methoxy groups -OCH3 is 1. The number of carbonyl (C=O) groups excluding carboxylic acids is 3. The Morgan fingerprint density at radius 3 is 2.17 bits per heavy atom. The predicted octanol–water partition coefficient (Wildman–Crippen LogP) is 4.23. The molecule has 0 aliphatic heterocycles. The van der Waals surface area contributed by atoms with Crippen LogP contribution in [0.15, 0.2) is 46.6 Å². The van der Waals surface area contributed by atoms with Crippen molar-refractivity contribution in [1.29, 1.82) is 0 Å². The summed E-state index contributed by atoms with van der Waals surface area (Å²) in [6.45, 7) is 3.28. The Labute approximate surface area is 205 Å². The number of carbonyl (C=O) groups is 3. The topological polar surface area (TPSA) is 187 Å². The second kappa shape index (κ2) is 12.6. The number of benzene rings is 2. The van der Waals surface area contributed by atoms with Gasteiger partial charge in [0.2, 0.25) is 5.91 Å². The van der Waals surface area contributed by atoms with Crippen LogP contribution in [0, 0.1) is 20.2 Å². The quantitative estimate of drug-likeness (QED) is 0.192. The minimum Gasteiger partial charge on any atom is -0.469 e. The van der Waals surface area contributed by atoms with Crippen molar-refractivity contribution >= 4 is 51.8 Å². The lowest BCUT2D eigenvalue weighted by molar-refractivity contribution is -0.393. The Kier molecular flexibility index (Phi) is 9.65. The number of esters is 1. The first-order valence-corrected chi connectivity index (χ1v) is 10.6. The van der Waals surface area contributed by atoms with Crippen LogP contribution >= 0.6 is 0 Å². The minimum atomic E-state index is -0.812. The molecule has 0 aliphatic carbocycles. The van der Waals surface area contributed by atoms with Gasteiger partial charge >= 0.3 is 11.7 Å². The molecule has 0 heterocycles. The van der Waals surface area contributed by atoms with E-state index in [0.29, 0.717) is 12.2 Å². The zero-order valence-electron chi connectivity index (χ0n) is 19.8. The van der Waals surface area contributed by atoms with Crippen molar-refractivity contribution in [2.45, 2.75) is 26.7 Å². The van der Waals surface area contributed by atoms with Crippen LogP contribution in [0.4, 0.5) is 34.1 Å². The van der Waals surface area contributed by atoms with E-state index >= 15 is 0 Å². The highest BCUT2D eigenvalue weighted by molar-refractivity contribution is 5.93. The van der Waals surface area contributed by atoms with Gasteiger partial charge in [0, 0.05) is 38.2 Å². The van der Waals surface area contributed by atoms with Crippen LogP contribution in [-0.2, 0) is 19.1 Å². The highest BCUT2D eigenvalue weighted by Crippen LogP contribution is 2.35. The third-order valence-electron chi connectivity index (χ3n) is 4.84. The van der Waals surface area contributed by atoms with Gasteiger partial charge in [-0.25, -0.2) is 0 Å². The fourth-order valence-electron chi connectivity index (χ4n) is 3.05. The molecular weight excluding hydrogens is 476 g/mol. The highest BCUT2D eigenvalue weighted by atomic mass is 16.6. The maximum absolute atomic E-state index is 11.8. The van der Waals surface area contributed by atoms with Gasteiger partial charge in [0.05, 0.1) is 35.1 Å². The van der Waals surface area contributed by atoms with Gasteiger partial charge in [0.25, 0.3) is 5.69 Å². The first-order valence-electron chi connectivity index (χ1n) is 10.6. The Hall–Kier alpha value is -4.75. The molecule has 0 atom stereocenters. The maximum Gasteiger partial charge on any atom is 0.307 e. The van der Waals surface area contributed by atoms with E-state index in [1.807, 2.05) is 0 Å². The molecule has 14 heteroatoms. The van der Waals surface area contributed by atoms with Gasteiger partial charge in [-0.3, -0.25) is 34.6 Å². The van der Waals surface area contributed by atoms with E-state index in [2.05, 4.69) is 20.3 Å². The average molecular weight is 500 g/mol. The summed E-state index contributed by atoms with van der Waals surface area (Å²) in [4.78, 5) is 57.4. The van der Waals surface area contributed by atoms with Crippen LogP contribution in [0.2, 0.25) is 0 Å². The van der Waals surface area contributed by atoms with E-state index < -0.39 is 33.1 Å². The third-order valence-corrected chi connectivity index (χ3v) is 4.84. The first kappa shape index (κ1) is 27.5. The number of Topliss-reactive ketones (excluding diaryl/α,β-unsaturated/α-hetero) is 1. The average Bonchev–Trinajstić information content (AvgIpc) is 2.82. The van der Waals surface area contributed by atoms with Crippen LogP contribution in [0.5, 0.6) is 0 Å². The van der Waals surface area contributed by atoms with Gasteiger partial charge < -0.3 is 15.0 Å². The van der Waals surface area contributed by atoms with Crippen molar-refractivity contribution in [2.24, 2.45) is 10.2 Å². The van der Waals surface area contributed by atoms with Gasteiger partial charge in [-0.2, -0.15) is 0 Å². The monoisotopic (exact) mass is 500 g/mol. The molecule has 0 aliphatic rings. The third kappa shape index (κ3) is 7.93. The van der Waals surface area contributed by atoms with Crippen molar-refractivity contribution in [1.82, 2.24) is 0 Å². The number of amides is 1. The number of non-ortho nitro benzene ring substituents is 1. The summed E-state index contributed by atoms with van der Waals surface area (Å²) < 4.78 is 4.68.